The molecule has 1 amide bonds. The van der Waals surface area contributed by atoms with Crippen LogP contribution in [0.1, 0.15) is 31.9 Å². The van der Waals surface area contributed by atoms with Gasteiger partial charge in [0.05, 0.1) is 11.4 Å². The topological polar surface area (TPSA) is 53.2 Å². The molecule has 146 valence electrons. The predicted molar refractivity (Wildman–Crippen MR) is 120 cm³/mol. The lowest BCUT2D eigenvalue weighted by Crippen LogP contribution is -2.33. The maximum atomic E-state index is 13.3. The van der Waals surface area contributed by atoms with Crippen molar-refractivity contribution in [3.63, 3.8) is 0 Å². The summed E-state index contributed by atoms with van der Waals surface area (Å²) in [6.07, 6.45) is 0. The van der Waals surface area contributed by atoms with E-state index in [1.54, 1.807) is 4.90 Å². The summed E-state index contributed by atoms with van der Waals surface area (Å²) < 4.78 is 0. The van der Waals surface area contributed by atoms with Gasteiger partial charge in [-0.3, -0.25) is 9.59 Å². The molecule has 5 heteroatoms. The number of carbonyl (C=O) groups excluding carboxylic acids is 1. The molecule has 0 bridgehead atoms. The van der Waals surface area contributed by atoms with Crippen LogP contribution in [0.2, 0.25) is 0 Å². The van der Waals surface area contributed by atoms with Crippen molar-refractivity contribution in [3.05, 3.63) is 97.5 Å². The number of hydrogen-bond donors (Lipinski definition) is 1. The van der Waals surface area contributed by atoms with Crippen molar-refractivity contribution in [1.29, 1.82) is 0 Å². The lowest BCUT2D eigenvalue weighted by Gasteiger charge is -2.24. The van der Waals surface area contributed by atoms with Crippen molar-refractivity contribution in [2.45, 2.75) is 27.3 Å². The van der Waals surface area contributed by atoms with Gasteiger partial charge < -0.3 is 9.88 Å². The highest BCUT2D eigenvalue weighted by atomic mass is 32.1. The number of H-pyrrole nitrogens is 1. The monoisotopic (exact) mass is 402 g/mol. The lowest BCUT2D eigenvalue weighted by atomic mass is 10.1. The molecule has 0 atom stereocenters. The van der Waals surface area contributed by atoms with Crippen LogP contribution in [0.3, 0.4) is 0 Å². The maximum Gasteiger partial charge on any atom is 0.268 e. The van der Waals surface area contributed by atoms with E-state index in [0.29, 0.717) is 10.4 Å². The molecule has 0 spiro atoms. The van der Waals surface area contributed by atoms with Gasteiger partial charge in [0.1, 0.15) is 0 Å². The van der Waals surface area contributed by atoms with Crippen LogP contribution in [0.15, 0.2) is 64.8 Å². The Hall–Kier alpha value is -3.18. The molecule has 29 heavy (non-hydrogen) atoms. The first-order valence-electron chi connectivity index (χ1n) is 9.47. The molecular weight excluding hydrogens is 380 g/mol. The summed E-state index contributed by atoms with van der Waals surface area (Å²) in [7, 11) is 0. The van der Waals surface area contributed by atoms with Gasteiger partial charge in [-0.05, 0) is 72.5 Å². The van der Waals surface area contributed by atoms with Gasteiger partial charge in [-0.15, -0.1) is 11.3 Å². The lowest BCUT2D eigenvalue weighted by molar-refractivity contribution is 0.0989. The molecule has 2 aromatic heterocycles. The van der Waals surface area contributed by atoms with Gasteiger partial charge in [0.15, 0.2) is 0 Å². The van der Waals surface area contributed by atoms with E-state index in [9.17, 15) is 9.59 Å². The summed E-state index contributed by atoms with van der Waals surface area (Å²) in [6.45, 7) is 6.19. The Morgan fingerprint density at radius 2 is 1.76 bits per heavy atom. The SMILES string of the molecule is Cc1ccc(C)c(N(Cc2cc3ccc(C)cc3[nH]c2=O)C(=O)c2cccs2)c1. The fourth-order valence-corrected chi connectivity index (χ4v) is 4.13. The number of anilines is 1. The second-order valence-corrected chi connectivity index (χ2v) is 8.32. The zero-order chi connectivity index (χ0) is 20.5. The van der Waals surface area contributed by atoms with Crippen molar-refractivity contribution in [1.82, 2.24) is 4.98 Å². The van der Waals surface area contributed by atoms with Crippen molar-refractivity contribution in [2.24, 2.45) is 0 Å². The second kappa shape index (κ2) is 7.68. The van der Waals surface area contributed by atoms with E-state index in [1.807, 2.05) is 80.7 Å². The molecule has 0 fully saturated rings. The van der Waals surface area contributed by atoms with Crippen LogP contribution in [0.4, 0.5) is 5.69 Å². The van der Waals surface area contributed by atoms with Gasteiger partial charge in [0, 0.05) is 16.8 Å². The smallest absolute Gasteiger partial charge is 0.268 e. The number of pyridine rings is 1. The summed E-state index contributed by atoms with van der Waals surface area (Å²) >= 11 is 1.41. The quantitative estimate of drug-likeness (QED) is 0.499. The molecule has 1 N–H and O–H groups in total. The van der Waals surface area contributed by atoms with Crippen molar-refractivity contribution in [3.8, 4) is 0 Å². The summed E-state index contributed by atoms with van der Waals surface area (Å²) in [5, 5.41) is 2.84. The first kappa shape index (κ1) is 19.2. The molecule has 0 aliphatic rings. The molecule has 0 unspecified atom stereocenters. The average molecular weight is 403 g/mol. The average Bonchev–Trinajstić information content (AvgIpc) is 3.23. The third kappa shape index (κ3) is 3.87. The Kier molecular flexibility index (Phi) is 5.07. The molecule has 2 aromatic carbocycles. The Balaban J connectivity index is 1.82. The van der Waals surface area contributed by atoms with Crippen LogP contribution < -0.4 is 10.5 Å². The fourth-order valence-electron chi connectivity index (χ4n) is 3.46. The Morgan fingerprint density at radius 3 is 2.52 bits per heavy atom. The van der Waals surface area contributed by atoms with Gasteiger partial charge in [0.25, 0.3) is 11.5 Å². The molecule has 0 aliphatic heterocycles. The first-order chi connectivity index (χ1) is 13.9. The van der Waals surface area contributed by atoms with Crippen LogP contribution in [0.5, 0.6) is 0 Å². The minimum Gasteiger partial charge on any atom is -0.322 e. The van der Waals surface area contributed by atoms with E-state index < -0.39 is 0 Å². The number of nitrogens with zero attached hydrogens (tertiary/aromatic N) is 1. The van der Waals surface area contributed by atoms with Gasteiger partial charge in [0.2, 0.25) is 0 Å². The molecule has 0 aliphatic carbocycles. The number of amides is 1. The number of fused-ring (bicyclic) bond motifs is 1. The standard InChI is InChI=1S/C24H22N2O2S/c1-15-7-9-18-13-19(23(27)25-20(18)11-15)14-26(24(28)22-5-4-10-29-22)21-12-16(2)6-8-17(21)3/h4-13H,14H2,1-3H3,(H,25,27). The Labute approximate surface area is 173 Å². The van der Waals surface area contributed by atoms with Crippen LogP contribution in [0.25, 0.3) is 10.9 Å². The Morgan fingerprint density at radius 1 is 1.00 bits per heavy atom. The number of aromatic nitrogens is 1. The van der Waals surface area contributed by atoms with E-state index in [2.05, 4.69) is 4.98 Å². The third-order valence-corrected chi connectivity index (χ3v) is 5.90. The van der Waals surface area contributed by atoms with E-state index in [0.717, 1.165) is 33.3 Å². The molecule has 4 aromatic rings. The molecule has 4 rings (SSSR count). The predicted octanol–water partition coefficient (Wildman–Crippen LogP) is 5.36. The normalized spacial score (nSPS) is 11.0. The largest absolute Gasteiger partial charge is 0.322 e. The zero-order valence-electron chi connectivity index (χ0n) is 16.7. The highest BCUT2D eigenvalue weighted by Crippen LogP contribution is 2.26. The van der Waals surface area contributed by atoms with Gasteiger partial charge in [-0.1, -0.05) is 30.3 Å². The van der Waals surface area contributed by atoms with E-state index in [-0.39, 0.29) is 18.0 Å². The van der Waals surface area contributed by atoms with Crippen molar-refractivity contribution in [2.75, 3.05) is 4.90 Å². The van der Waals surface area contributed by atoms with E-state index >= 15 is 0 Å². The minimum absolute atomic E-state index is 0.0999. The zero-order valence-corrected chi connectivity index (χ0v) is 17.5. The van der Waals surface area contributed by atoms with Crippen LogP contribution in [0, 0.1) is 20.8 Å². The summed E-state index contributed by atoms with van der Waals surface area (Å²) in [6, 6.07) is 17.6. The number of aryl methyl sites for hydroxylation is 3. The fraction of sp³-hybridized carbons (Fsp3) is 0.167. The number of aromatic amines is 1. The molecule has 0 saturated heterocycles. The van der Waals surface area contributed by atoms with Gasteiger partial charge in [-0.2, -0.15) is 0 Å². The molecule has 0 radical (unpaired) electrons. The Bertz CT molecular complexity index is 1260. The van der Waals surface area contributed by atoms with Crippen LogP contribution in [-0.2, 0) is 6.54 Å². The summed E-state index contributed by atoms with van der Waals surface area (Å²) in [5.41, 5.74) is 5.18. The van der Waals surface area contributed by atoms with Crippen LogP contribution >= 0.6 is 11.3 Å². The van der Waals surface area contributed by atoms with E-state index in [1.165, 1.54) is 11.3 Å². The molecular formula is C24H22N2O2S. The maximum absolute atomic E-state index is 13.3. The highest BCUT2D eigenvalue weighted by molar-refractivity contribution is 7.12. The molecule has 4 nitrogen and oxygen atoms in total. The number of benzene rings is 2. The summed E-state index contributed by atoms with van der Waals surface area (Å²) in [5.74, 6) is -0.0999. The number of carbonyl (C=O) groups is 1. The third-order valence-electron chi connectivity index (χ3n) is 5.04. The van der Waals surface area contributed by atoms with Crippen molar-refractivity contribution >= 4 is 33.8 Å². The van der Waals surface area contributed by atoms with Crippen LogP contribution in [-0.4, -0.2) is 10.9 Å². The van der Waals surface area contributed by atoms with Gasteiger partial charge in [-0.25, -0.2) is 0 Å². The van der Waals surface area contributed by atoms with Gasteiger partial charge >= 0.3 is 0 Å². The van der Waals surface area contributed by atoms with E-state index in [4.69, 9.17) is 0 Å². The number of rotatable bonds is 4. The number of hydrogen-bond acceptors (Lipinski definition) is 3. The number of thiophene rings is 1. The first-order valence-corrected chi connectivity index (χ1v) is 10.4. The minimum atomic E-state index is -0.169. The van der Waals surface area contributed by atoms with Crippen molar-refractivity contribution < 1.29 is 4.79 Å². The second-order valence-electron chi connectivity index (χ2n) is 7.37. The summed E-state index contributed by atoms with van der Waals surface area (Å²) in [4.78, 5) is 31.4. The number of nitrogens with one attached hydrogen (secondary N) is 1. The highest BCUT2D eigenvalue weighted by Gasteiger charge is 2.22. The molecule has 2 heterocycles. The molecule has 0 saturated carbocycles.